The summed E-state index contributed by atoms with van der Waals surface area (Å²) in [5.74, 6) is 0.0697. The molecular formula is C20H29N3O3. The van der Waals surface area contributed by atoms with Crippen LogP contribution in [0.3, 0.4) is 0 Å². The van der Waals surface area contributed by atoms with Gasteiger partial charge in [-0.2, -0.15) is 0 Å². The van der Waals surface area contributed by atoms with E-state index in [2.05, 4.69) is 26.1 Å². The van der Waals surface area contributed by atoms with Crippen LogP contribution < -0.4 is 5.32 Å². The van der Waals surface area contributed by atoms with Crippen molar-refractivity contribution in [3.63, 3.8) is 0 Å². The Morgan fingerprint density at radius 1 is 1.04 bits per heavy atom. The minimum atomic E-state index is -0.281. The van der Waals surface area contributed by atoms with Gasteiger partial charge in [0.1, 0.15) is 6.10 Å². The number of benzene rings is 1. The maximum Gasteiger partial charge on any atom is 0.321 e. The third kappa shape index (κ3) is 4.36. The van der Waals surface area contributed by atoms with Crippen molar-refractivity contribution in [2.75, 3.05) is 38.1 Å². The van der Waals surface area contributed by atoms with Gasteiger partial charge in [0, 0.05) is 38.5 Å². The van der Waals surface area contributed by atoms with Crippen LogP contribution >= 0.6 is 0 Å². The number of anilines is 1. The second-order valence-electron chi connectivity index (χ2n) is 8.07. The molecule has 0 saturated carbocycles. The molecule has 1 atom stereocenters. The Morgan fingerprint density at radius 3 is 2.19 bits per heavy atom. The summed E-state index contributed by atoms with van der Waals surface area (Å²) in [4.78, 5) is 28.4. The van der Waals surface area contributed by atoms with Gasteiger partial charge < -0.3 is 19.9 Å². The maximum absolute atomic E-state index is 12.5. The first-order chi connectivity index (χ1) is 12.3. The van der Waals surface area contributed by atoms with Crippen molar-refractivity contribution in [2.24, 2.45) is 0 Å². The molecule has 0 bridgehead atoms. The van der Waals surface area contributed by atoms with Crippen molar-refractivity contribution in [2.45, 2.75) is 45.1 Å². The van der Waals surface area contributed by atoms with Crippen LogP contribution in [-0.2, 0) is 14.9 Å². The van der Waals surface area contributed by atoms with E-state index >= 15 is 0 Å². The van der Waals surface area contributed by atoms with E-state index < -0.39 is 0 Å². The van der Waals surface area contributed by atoms with E-state index in [1.807, 2.05) is 29.2 Å². The highest BCUT2D eigenvalue weighted by Crippen LogP contribution is 2.23. The Kier molecular flexibility index (Phi) is 5.51. The van der Waals surface area contributed by atoms with Gasteiger partial charge in [-0.25, -0.2) is 4.79 Å². The molecule has 6 nitrogen and oxygen atoms in total. The van der Waals surface area contributed by atoms with Crippen molar-refractivity contribution in [1.82, 2.24) is 9.80 Å². The number of rotatable bonds is 2. The van der Waals surface area contributed by atoms with Crippen molar-refractivity contribution in [3.8, 4) is 0 Å². The van der Waals surface area contributed by atoms with Crippen LogP contribution in [0.25, 0.3) is 0 Å². The zero-order valence-electron chi connectivity index (χ0n) is 16.0. The predicted molar refractivity (Wildman–Crippen MR) is 101 cm³/mol. The summed E-state index contributed by atoms with van der Waals surface area (Å²) in [5.41, 5.74) is 2.12. The highest BCUT2D eigenvalue weighted by atomic mass is 16.5. The maximum atomic E-state index is 12.5. The van der Waals surface area contributed by atoms with Gasteiger partial charge in [0.2, 0.25) is 0 Å². The Morgan fingerprint density at radius 2 is 1.65 bits per heavy atom. The predicted octanol–water partition coefficient (Wildman–Crippen LogP) is 2.84. The molecule has 0 unspecified atom stereocenters. The zero-order valence-corrected chi connectivity index (χ0v) is 16.0. The molecule has 0 spiro atoms. The Labute approximate surface area is 155 Å². The van der Waals surface area contributed by atoms with Crippen LogP contribution in [-0.4, -0.2) is 60.6 Å². The summed E-state index contributed by atoms with van der Waals surface area (Å²) in [7, 11) is 0. The first-order valence-electron chi connectivity index (χ1n) is 9.41. The Bertz CT molecular complexity index is 637. The average molecular weight is 359 g/mol. The van der Waals surface area contributed by atoms with Gasteiger partial charge in [-0.05, 0) is 36.0 Å². The molecule has 1 aromatic carbocycles. The van der Waals surface area contributed by atoms with Gasteiger partial charge in [-0.1, -0.05) is 32.9 Å². The number of hydrogen-bond donors (Lipinski definition) is 1. The normalized spacial score (nSPS) is 21.0. The number of carbonyl (C=O) groups is 2. The van der Waals surface area contributed by atoms with E-state index in [0.717, 1.165) is 18.5 Å². The smallest absolute Gasteiger partial charge is 0.321 e. The molecule has 1 aromatic rings. The number of carbonyl (C=O) groups excluding carboxylic acids is 2. The fourth-order valence-corrected chi connectivity index (χ4v) is 3.36. The van der Waals surface area contributed by atoms with Crippen LogP contribution in [0.5, 0.6) is 0 Å². The molecule has 1 N–H and O–H groups in total. The second kappa shape index (κ2) is 7.66. The number of hydrogen-bond acceptors (Lipinski definition) is 3. The number of amides is 3. The summed E-state index contributed by atoms with van der Waals surface area (Å²) in [6.07, 6.45) is 1.48. The number of piperazine rings is 1. The zero-order chi connectivity index (χ0) is 18.7. The van der Waals surface area contributed by atoms with E-state index in [0.29, 0.717) is 32.8 Å². The lowest BCUT2D eigenvalue weighted by Gasteiger charge is -2.35. The van der Waals surface area contributed by atoms with E-state index in [9.17, 15) is 9.59 Å². The molecule has 2 fully saturated rings. The van der Waals surface area contributed by atoms with Crippen molar-refractivity contribution in [1.29, 1.82) is 0 Å². The lowest BCUT2D eigenvalue weighted by molar-refractivity contribution is -0.142. The largest absolute Gasteiger partial charge is 0.368 e. The molecule has 2 heterocycles. The van der Waals surface area contributed by atoms with Gasteiger partial charge >= 0.3 is 6.03 Å². The third-order valence-electron chi connectivity index (χ3n) is 5.09. The van der Waals surface area contributed by atoms with E-state index in [1.165, 1.54) is 5.56 Å². The minimum absolute atomic E-state index is 0.0697. The fourth-order valence-electron chi connectivity index (χ4n) is 3.36. The minimum Gasteiger partial charge on any atom is -0.368 e. The second-order valence-corrected chi connectivity index (χ2v) is 8.07. The van der Waals surface area contributed by atoms with Gasteiger partial charge in [-0.3, -0.25) is 4.79 Å². The SMILES string of the molecule is CC(C)(C)c1ccc(NC(=O)N2CCN(C(=O)[C@H]3CCCO3)CC2)cc1. The third-order valence-corrected chi connectivity index (χ3v) is 5.09. The topological polar surface area (TPSA) is 61.9 Å². The quantitative estimate of drug-likeness (QED) is 0.883. The van der Waals surface area contributed by atoms with Gasteiger partial charge in [0.25, 0.3) is 5.91 Å². The average Bonchev–Trinajstić information content (AvgIpc) is 3.15. The standard InChI is InChI=1S/C20H29N3O3/c1-20(2,3)15-6-8-16(9-7-15)21-19(25)23-12-10-22(11-13-23)18(24)17-5-4-14-26-17/h6-9,17H,4-5,10-14H2,1-3H3,(H,21,25)/t17-/m1/s1. The number of nitrogens with one attached hydrogen (secondary N) is 1. The molecule has 3 amide bonds. The lowest BCUT2D eigenvalue weighted by Crippen LogP contribution is -2.53. The summed E-state index contributed by atoms with van der Waals surface area (Å²) < 4.78 is 5.47. The summed E-state index contributed by atoms with van der Waals surface area (Å²) >= 11 is 0. The molecule has 6 heteroatoms. The monoisotopic (exact) mass is 359 g/mol. The molecule has 2 saturated heterocycles. The molecule has 0 aliphatic carbocycles. The molecule has 0 radical (unpaired) electrons. The molecule has 2 aliphatic rings. The lowest BCUT2D eigenvalue weighted by atomic mass is 9.87. The molecule has 0 aromatic heterocycles. The summed E-state index contributed by atoms with van der Waals surface area (Å²) in [6, 6.07) is 7.87. The molecule has 26 heavy (non-hydrogen) atoms. The van der Waals surface area contributed by atoms with Crippen LogP contribution in [0.4, 0.5) is 10.5 Å². The first kappa shape index (κ1) is 18.7. The molecule has 142 valence electrons. The van der Waals surface area contributed by atoms with E-state index in [1.54, 1.807) is 4.90 Å². The number of nitrogens with zero attached hydrogens (tertiary/aromatic N) is 2. The van der Waals surface area contributed by atoms with Crippen molar-refractivity contribution in [3.05, 3.63) is 29.8 Å². The Hall–Kier alpha value is -2.08. The fraction of sp³-hybridized carbons (Fsp3) is 0.600. The van der Waals surface area contributed by atoms with E-state index in [4.69, 9.17) is 4.74 Å². The molecular weight excluding hydrogens is 330 g/mol. The van der Waals surface area contributed by atoms with Crippen LogP contribution in [0.1, 0.15) is 39.2 Å². The van der Waals surface area contributed by atoms with Crippen molar-refractivity contribution >= 4 is 17.6 Å². The van der Waals surface area contributed by atoms with Gasteiger partial charge in [-0.15, -0.1) is 0 Å². The highest BCUT2D eigenvalue weighted by Gasteiger charge is 2.31. The first-order valence-corrected chi connectivity index (χ1v) is 9.41. The Balaban J connectivity index is 1.50. The number of urea groups is 1. The number of ether oxygens (including phenoxy) is 1. The molecule has 3 rings (SSSR count). The van der Waals surface area contributed by atoms with Crippen LogP contribution in [0.15, 0.2) is 24.3 Å². The molecule has 2 aliphatic heterocycles. The van der Waals surface area contributed by atoms with Crippen LogP contribution in [0.2, 0.25) is 0 Å². The van der Waals surface area contributed by atoms with Gasteiger partial charge in [0.05, 0.1) is 0 Å². The van der Waals surface area contributed by atoms with Crippen molar-refractivity contribution < 1.29 is 14.3 Å². The highest BCUT2D eigenvalue weighted by molar-refractivity contribution is 5.89. The van der Waals surface area contributed by atoms with Crippen LogP contribution in [0, 0.1) is 0 Å². The summed E-state index contributed by atoms with van der Waals surface area (Å²) in [5, 5.41) is 2.95. The van der Waals surface area contributed by atoms with Gasteiger partial charge in [0.15, 0.2) is 0 Å². The van der Waals surface area contributed by atoms with E-state index in [-0.39, 0.29) is 23.5 Å². The summed E-state index contributed by atoms with van der Waals surface area (Å²) in [6.45, 7) is 9.39.